The molecule has 152 valence electrons. The average Bonchev–Trinajstić information content (AvgIpc) is 2.65. The highest BCUT2D eigenvalue weighted by Gasteiger charge is 2.35. The zero-order chi connectivity index (χ0) is 19.4. The summed E-state index contributed by atoms with van der Waals surface area (Å²) >= 11 is 0. The molecule has 1 unspecified atom stereocenters. The fourth-order valence-electron chi connectivity index (χ4n) is 3.17. The molecule has 3 rings (SSSR count). The van der Waals surface area contributed by atoms with E-state index < -0.39 is 0 Å². The Morgan fingerprint density at radius 3 is 2.18 bits per heavy atom. The molecule has 0 bridgehead atoms. The summed E-state index contributed by atoms with van der Waals surface area (Å²) in [6.07, 6.45) is 0.823. The lowest BCUT2D eigenvalue weighted by Crippen LogP contribution is -2.54. The van der Waals surface area contributed by atoms with Gasteiger partial charge < -0.3 is 20.1 Å². The van der Waals surface area contributed by atoms with Crippen LogP contribution in [0.3, 0.4) is 0 Å². The van der Waals surface area contributed by atoms with Crippen LogP contribution in [0.25, 0.3) is 0 Å². The number of aryl methyl sites for hydroxylation is 1. The van der Waals surface area contributed by atoms with Crippen LogP contribution >= 0.6 is 12.4 Å². The molecule has 1 aliphatic rings. The third-order valence-electron chi connectivity index (χ3n) is 5.11. The Bertz CT molecular complexity index is 775. The lowest BCUT2D eigenvalue weighted by atomic mass is 9.80. The van der Waals surface area contributed by atoms with E-state index in [0.29, 0.717) is 18.8 Å². The zero-order valence-corrected chi connectivity index (χ0v) is 17.5. The second-order valence-electron chi connectivity index (χ2n) is 7.87. The summed E-state index contributed by atoms with van der Waals surface area (Å²) in [6, 6.07) is 15.3. The minimum Gasteiger partial charge on any atom is -0.484 e. The van der Waals surface area contributed by atoms with Crippen molar-refractivity contribution in [3.05, 3.63) is 54.1 Å². The lowest BCUT2D eigenvalue weighted by Gasteiger charge is -2.42. The van der Waals surface area contributed by atoms with Crippen molar-refractivity contribution in [3.8, 4) is 17.2 Å². The van der Waals surface area contributed by atoms with Crippen LogP contribution in [0.4, 0.5) is 0 Å². The van der Waals surface area contributed by atoms with Crippen molar-refractivity contribution in [3.63, 3.8) is 0 Å². The highest BCUT2D eigenvalue weighted by Crippen LogP contribution is 2.28. The van der Waals surface area contributed by atoms with Crippen LogP contribution in [0.1, 0.15) is 25.8 Å². The molecule has 0 aromatic heterocycles. The molecule has 1 heterocycles. The van der Waals surface area contributed by atoms with Gasteiger partial charge >= 0.3 is 0 Å². The number of piperidine rings is 1. The van der Waals surface area contributed by atoms with Crippen LogP contribution in [0.15, 0.2) is 48.5 Å². The standard InChI is InChI=1S/C22H28N2O3.ClH/c1-16-4-6-18(7-5-16)27-19-10-8-17(9-11-19)26-14-21(25)24-13-12-20(23)22(2,3)15-24;/h4-11,20H,12-15,23H2,1-3H3;1H. The maximum atomic E-state index is 12.4. The van der Waals surface area contributed by atoms with Crippen molar-refractivity contribution in [2.45, 2.75) is 33.2 Å². The second kappa shape index (κ2) is 9.30. The van der Waals surface area contributed by atoms with E-state index in [9.17, 15) is 4.79 Å². The molecule has 2 aromatic carbocycles. The summed E-state index contributed by atoms with van der Waals surface area (Å²) in [4.78, 5) is 14.3. The first kappa shape index (κ1) is 22.1. The Morgan fingerprint density at radius 1 is 1.07 bits per heavy atom. The number of hydrogen-bond donors (Lipinski definition) is 1. The molecule has 0 saturated carbocycles. The van der Waals surface area contributed by atoms with Gasteiger partial charge in [0.1, 0.15) is 17.2 Å². The quantitative estimate of drug-likeness (QED) is 0.812. The molecule has 1 saturated heterocycles. The minimum absolute atomic E-state index is 0. The maximum absolute atomic E-state index is 12.4. The molecule has 0 radical (unpaired) electrons. The molecule has 28 heavy (non-hydrogen) atoms. The summed E-state index contributed by atoms with van der Waals surface area (Å²) in [6.45, 7) is 7.63. The second-order valence-corrected chi connectivity index (χ2v) is 7.87. The zero-order valence-electron chi connectivity index (χ0n) is 16.7. The van der Waals surface area contributed by atoms with Gasteiger partial charge in [-0.15, -0.1) is 12.4 Å². The van der Waals surface area contributed by atoms with E-state index in [4.69, 9.17) is 15.2 Å². The van der Waals surface area contributed by atoms with Crippen LogP contribution in [0, 0.1) is 12.3 Å². The molecule has 1 amide bonds. The van der Waals surface area contributed by atoms with Crippen molar-refractivity contribution in [1.29, 1.82) is 0 Å². The molecular formula is C22H29ClN2O3. The van der Waals surface area contributed by atoms with Crippen LogP contribution in [-0.2, 0) is 4.79 Å². The fraction of sp³-hybridized carbons (Fsp3) is 0.409. The third-order valence-corrected chi connectivity index (χ3v) is 5.11. The molecular weight excluding hydrogens is 376 g/mol. The van der Waals surface area contributed by atoms with E-state index in [1.54, 1.807) is 0 Å². The topological polar surface area (TPSA) is 64.8 Å². The Morgan fingerprint density at radius 2 is 1.61 bits per heavy atom. The molecule has 1 atom stereocenters. The van der Waals surface area contributed by atoms with Gasteiger partial charge in [0.2, 0.25) is 0 Å². The van der Waals surface area contributed by atoms with E-state index in [0.717, 1.165) is 17.9 Å². The normalized spacial score (nSPS) is 18.1. The third kappa shape index (κ3) is 5.63. The van der Waals surface area contributed by atoms with Crippen molar-refractivity contribution < 1.29 is 14.3 Å². The van der Waals surface area contributed by atoms with Gasteiger partial charge in [0.05, 0.1) is 0 Å². The number of nitrogens with two attached hydrogens (primary N) is 1. The monoisotopic (exact) mass is 404 g/mol. The van der Waals surface area contributed by atoms with Gasteiger partial charge in [-0.05, 0) is 55.2 Å². The highest BCUT2D eigenvalue weighted by molar-refractivity contribution is 5.85. The largest absolute Gasteiger partial charge is 0.484 e. The fourth-order valence-corrected chi connectivity index (χ4v) is 3.17. The predicted octanol–water partition coefficient (Wildman–Crippen LogP) is 4.17. The van der Waals surface area contributed by atoms with Gasteiger partial charge in [0, 0.05) is 19.1 Å². The van der Waals surface area contributed by atoms with Crippen LogP contribution in [0.5, 0.6) is 17.2 Å². The van der Waals surface area contributed by atoms with Crippen LogP contribution in [-0.4, -0.2) is 36.5 Å². The summed E-state index contributed by atoms with van der Waals surface area (Å²) in [5.41, 5.74) is 7.26. The number of likely N-dealkylation sites (tertiary alicyclic amines) is 1. The Labute approximate surface area is 173 Å². The molecule has 1 fully saturated rings. The molecule has 0 aliphatic carbocycles. The molecule has 1 aliphatic heterocycles. The van der Waals surface area contributed by atoms with Crippen LogP contribution in [0.2, 0.25) is 0 Å². The smallest absolute Gasteiger partial charge is 0.260 e. The summed E-state index contributed by atoms with van der Waals surface area (Å²) in [7, 11) is 0. The van der Waals surface area contributed by atoms with E-state index in [-0.39, 0.29) is 36.4 Å². The first-order chi connectivity index (χ1) is 12.8. The first-order valence-corrected chi connectivity index (χ1v) is 9.34. The SMILES string of the molecule is Cc1ccc(Oc2ccc(OCC(=O)N3CCC(N)C(C)(C)C3)cc2)cc1.Cl. The minimum atomic E-state index is -0.0666. The van der Waals surface area contributed by atoms with Gasteiger partial charge in [-0.3, -0.25) is 4.79 Å². The van der Waals surface area contributed by atoms with E-state index >= 15 is 0 Å². The first-order valence-electron chi connectivity index (χ1n) is 9.34. The van der Waals surface area contributed by atoms with Crippen molar-refractivity contribution in [2.75, 3.05) is 19.7 Å². The van der Waals surface area contributed by atoms with Crippen molar-refractivity contribution >= 4 is 18.3 Å². The summed E-state index contributed by atoms with van der Waals surface area (Å²) in [5, 5.41) is 0. The molecule has 6 heteroatoms. The molecule has 2 aromatic rings. The number of rotatable bonds is 5. The Kier molecular flexibility index (Phi) is 7.33. The van der Waals surface area contributed by atoms with Crippen LogP contribution < -0.4 is 15.2 Å². The summed E-state index contributed by atoms with van der Waals surface area (Å²) in [5.74, 6) is 2.15. The molecule has 0 spiro atoms. The van der Waals surface area contributed by atoms with Gasteiger partial charge in [-0.25, -0.2) is 0 Å². The molecule has 5 nitrogen and oxygen atoms in total. The number of carbonyl (C=O) groups is 1. The van der Waals surface area contributed by atoms with Gasteiger partial charge in [-0.2, -0.15) is 0 Å². The number of amides is 1. The summed E-state index contributed by atoms with van der Waals surface area (Å²) < 4.78 is 11.5. The van der Waals surface area contributed by atoms with E-state index in [1.165, 1.54) is 5.56 Å². The number of nitrogens with zero attached hydrogens (tertiary/aromatic N) is 1. The van der Waals surface area contributed by atoms with Gasteiger partial charge in [0.25, 0.3) is 5.91 Å². The maximum Gasteiger partial charge on any atom is 0.260 e. The number of ether oxygens (including phenoxy) is 2. The highest BCUT2D eigenvalue weighted by atomic mass is 35.5. The predicted molar refractivity (Wildman–Crippen MR) is 113 cm³/mol. The average molecular weight is 405 g/mol. The van der Waals surface area contributed by atoms with Crippen molar-refractivity contribution in [1.82, 2.24) is 4.90 Å². The van der Waals surface area contributed by atoms with E-state index in [2.05, 4.69) is 13.8 Å². The Balaban J connectivity index is 0.00000280. The number of hydrogen-bond acceptors (Lipinski definition) is 4. The lowest BCUT2D eigenvalue weighted by molar-refractivity contribution is -0.136. The van der Waals surface area contributed by atoms with Gasteiger partial charge in [0.15, 0.2) is 6.61 Å². The number of halogens is 1. The van der Waals surface area contributed by atoms with E-state index in [1.807, 2.05) is 60.4 Å². The Hall–Kier alpha value is -2.24. The number of benzene rings is 2. The number of carbonyl (C=O) groups excluding carboxylic acids is 1. The van der Waals surface area contributed by atoms with Gasteiger partial charge in [-0.1, -0.05) is 31.5 Å². The molecule has 2 N–H and O–H groups in total. The van der Waals surface area contributed by atoms with Crippen molar-refractivity contribution in [2.24, 2.45) is 11.1 Å².